The smallest absolute Gasteiger partial charge is 0.323 e. The van der Waals surface area contributed by atoms with Gasteiger partial charge in [0.2, 0.25) is 0 Å². The number of thioether (sulfide) groups is 1. The molecule has 0 aliphatic heterocycles. The fraction of sp³-hybridized carbons (Fsp3) is 0.438. The highest BCUT2D eigenvalue weighted by Gasteiger charge is 2.29. The van der Waals surface area contributed by atoms with Crippen molar-refractivity contribution in [3.8, 4) is 0 Å². The second-order valence-corrected chi connectivity index (χ2v) is 6.55. The number of rotatable bonds is 8. The van der Waals surface area contributed by atoms with Gasteiger partial charge in [-0.3, -0.25) is 4.79 Å². The average Bonchev–Trinajstić information content (AvgIpc) is 2.89. The summed E-state index contributed by atoms with van der Waals surface area (Å²) < 4.78 is 0. The van der Waals surface area contributed by atoms with Crippen LogP contribution in [0.25, 0.3) is 10.9 Å². The lowest BCUT2D eigenvalue weighted by Gasteiger charge is -2.23. The molecule has 0 radical (unpaired) electrons. The number of aromatic nitrogens is 1. The Kier molecular flexibility index (Phi) is 5.31. The van der Waals surface area contributed by atoms with Gasteiger partial charge < -0.3 is 15.4 Å². The van der Waals surface area contributed by atoms with E-state index in [9.17, 15) is 9.90 Å². The molecule has 0 saturated heterocycles. The number of nitrogens with one attached hydrogen (secondary N) is 2. The molecule has 0 spiro atoms. The quantitative estimate of drug-likeness (QED) is 0.516. The summed E-state index contributed by atoms with van der Waals surface area (Å²) in [4.78, 5) is 14.6. The summed E-state index contributed by atoms with van der Waals surface area (Å²) in [5.74, 6) is 0.208. The topological polar surface area (TPSA) is 65.1 Å². The number of aliphatic carboxylic acids is 1. The van der Waals surface area contributed by atoms with E-state index in [1.807, 2.05) is 12.1 Å². The number of hydrogen-bond acceptors (Lipinski definition) is 3. The van der Waals surface area contributed by atoms with Crippen LogP contribution in [0.4, 0.5) is 0 Å². The number of para-hydroxylation sites is 1. The maximum Gasteiger partial charge on any atom is 0.323 e. The van der Waals surface area contributed by atoms with E-state index in [1.165, 1.54) is 10.4 Å². The monoisotopic (exact) mass is 306 g/mol. The van der Waals surface area contributed by atoms with Crippen LogP contribution >= 0.6 is 11.8 Å². The molecule has 5 heteroatoms. The van der Waals surface area contributed by atoms with Crippen LogP contribution in [0.3, 0.4) is 0 Å². The van der Waals surface area contributed by atoms with Crippen molar-refractivity contribution >= 4 is 28.6 Å². The number of benzene rings is 1. The van der Waals surface area contributed by atoms with Gasteiger partial charge in [0.25, 0.3) is 0 Å². The first kappa shape index (κ1) is 15.9. The highest BCUT2D eigenvalue weighted by atomic mass is 32.2. The van der Waals surface area contributed by atoms with Crippen LogP contribution in [0.2, 0.25) is 0 Å². The molecule has 0 amide bonds. The minimum atomic E-state index is -0.814. The molecule has 1 atom stereocenters. The highest BCUT2D eigenvalue weighted by Crippen LogP contribution is 2.24. The van der Waals surface area contributed by atoms with E-state index in [4.69, 9.17) is 0 Å². The number of aromatic amines is 1. The van der Waals surface area contributed by atoms with Gasteiger partial charge in [0.05, 0.1) is 5.03 Å². The Morgan fingerprint density at radius 1 is 1.38 bits per heavy atom. The first-order valence-electron chi connectivity index (χ1n) is 7.18. The zero-order valence-corrected chi connectivity index (χ0v) is 13.3. The van der Waals surface area contributed by atoms with E-state index in [1.54, 1.807) is 25.7 Å². The number of carboxylic acids is 1. The van der Waals surface area contributed by atoms with E-state index in [-0.39, 0.29) is 0 Å². The average molecular weight is 306 g/mol. The van der Waals surface area contributed by atoms with E-state index in [0.29, 0.717) is 6.42 Å². The molecule has 0 aliphatic carbocycles. The van der Waals surface area contributed by atoms with Gasteiger partial charge in [0.15, 0.2) is 0 Å². The predicted molar refractivity (Wildman–Crippen MR) is 88.0 cm³/mol. The maximum absolute atomic E-state index is 11.2. The van der Waals surface area contributed by atoms with Crippen molar-refractivity contribution in [3.05, 3.63) is 30.3 Å². The predicted octanol–water partition coefficient (Wildman–Crippen LogP) is 3.49. The summed E-state index contributed by atoms with van der Waals surface area (Å²) in [6.45, 7) is 1.74. The van der Waals surface area contributed by atoms with Crippen LogP contribution in [0.5, 0.6) is 0 Å². The lowest BCUT2D eigenvalue weighted by molar-refractivity contribution is -0.144. The molecule has 2 aromatic rings. The molecular formula is C16H22N2O2S. The Morgan fingerprint density at radius 3 is 2.81 bits per heavy atom. The molecule has 3 N–H and O–H groups in total. The van der Waals surface area contributed by atoms with Crippen molar-refractivity contribution in [2.45, 2.75) is 36.8 Å². The molecule has 1 heterocycles. The second kappa shape index (κ2) is 7.00. The summed E-state index contributed by atoms with van der Waals surface area (Å²) in [6.07, 6.45) is 2.55. The van der Waals surface area contributed by atoms with Gasteiger partial charge in [-0.05, 0) is 44.7 Å². The Hall–Kier alpha value is -1.46. The summed E-state index contributed by atoms with van der Waals surface area (Å²) in [5.41, 5.74) is 0.347. The van der Waals surface area contributed by atoms with Crippen LogP contribution in [-0.4, -0.2) is 34.4 Å². The lowest BCUT2D eigenvalue weighted by Crippen LogP contribution is -2.47. The van der Waals surface area contributed by atoms with Crippen LogP contribution in [0.1, 0.15) is 26.2 Å². The van der Waals surface area contributed by atoms with E-state index < -0.39 is 11.5 Å². The SMILES string of the molecule is CNC(C)(CCCCSc1cc2ccccc2[nH]1)C(=O)O. The number of carboxylic acid groups (broad SMARTS) is 1. The molecule has 0 bridgehead atoms. The van der Waals surface area contributed by atoms with Gasteiger partial charge in [-0.1, -0.05) is 24.6 Å². The zero-order valence-electron chi connectivity index (χ0n) is 12.5. The Labute approximate surface area is 129 Å². The van der Waals surface area contributed by atoms with Crippen molar-refractivity contribution in [1.82, 2.24) is 10.3 Å². The summed E-state index contributed by atoms with van der Waals surface area (Å²) in [7, 11) is 1.70. The molecule has 0 saturated carbocycles. The zero-order chi connectivity index (χ0) is 15.3. The number of fused-ring (bicyclic) bond motifs is 1. The molecule has 114 valence electrons. The van der Waals surface area contributed by atoms with Crippen molar-refractivity contribution in [2.75, 3.05) is 12.8 Å². The Bertz CT molecular complexity index is 578. The molecule has 1 aromatic carbocycles. The van der Waals surface area contributed by atoms with Crippen LogP contribution in [0.15, 0.2) is 35.4 Å². The third-order valence-electron chi connectivity index (χ3n) is 3.86. The van der Waals surface area contributed by atoms with Crippen LogP contribution < -0.4 is 5.32 Å². The summed E-state index contributed by atoms with van der Waals surface area (Å²) in [6, 6.07) is 10.4. The molecule has 1 aromatic heterocycles. The van der Waals surface area contributed by atoms with Crippen LogP contribution in [0, 0.1) is 0 Å². The Morgan fingerprint density at radius 2 is 2.14 bits per heavy atom. The maximum atomic E-state index is 11.2. The largest absolute Gasteiger partial charge is 0.480 e. The molecule has 0 fully saturated rings. The fourth-order valence-corrected chi connectivity index (χ4v) is 3.19. The van der Waals surface area contributed by atoms with Crippen molar-refractivity contribution < 1.29 is 9.90 Å². The third kappa shape index (κ3) is 4.02. The number of likely N-dealkylation sites (N-methyl/N-ethyl adjacent to an activating group) is 1. The van der Waals surface area contributed by atoms with Gasteiger partial charge in [-0.2, -0.15) is 0 Å². The van der Waals surface area contributed by atoms with E-state index in [0.717, 1.165) is 24.1 Å². The molecule has 1 unspecified atom stereocenters. The lowest BCUT2D eigenvalue weighted by atomic mass is 9.95. The highest BCUT2D eigenvalue weighted by molar-refractivity contribution is 7.99. The Balaban J connectivity index is 1.76. The second-order valence-electron chi connectivity index (χ2n) is 5.41. The first-order chi connectivity index (χ1) is 10.0. The van der Waals surface area contributed by atoms with Crippen molar-refractivity contribution in [2.24, 2.45) is 0 Å². The normalized spacial score (nSPS) is 14.2. The number of hydrogen-bond donors (Lipinski definition) is 3. The van der Waals surface area contributed by atoms with Crippen LogP contribution in [-0.2, 0) is 4.79 Å². The van der Waals surface area contributed by atoms with E-state index in [2.05, 4.69) is 28.5 Å². The van der Waals surface area contributed by atoms with Gasteiger partial charge >= 0.3 is 5.97 Å². The van der Waals surface area contributed by atoms with Gasteiger partial charge in [-0.15, -0.1) is 11.8 Å². The van der Waals surface area contributed by atoms with Crippen molar-refractivity contribution in [3.63, 3.8) is 0 Å². The number of carbonyl (C=O) groups is 1. The molecule has 4 nitrogen and oxygen atoms in total. The standard InChI is InChI=1S/C16H22N2O2S/c1-16(17-2,15(19)20)9-5-6-10-21-14-11-12-7-3-4-8-13(12)18-14/h3-4,7-8,11,17-18H,5-6,9-10H2,1-2H3,(H,19,20). The molecule has 21 heavy (non-hydrogen) atoms. The van der Waals surface area contributed by atoms with Gasteiger partial charge in [0.1, 0.15) is 5.54 Å². The third-order valence-corrected chi connectivity index (χ3v) is 4.88. The van der Waals surface area contributed by atoms with Crippen molar-refractivity contribution in [1.29, 1.82) is 0 Å². The minimum absolute atomic E-state index is 0.645. The molecule has 0 aliphatic rings. The first-order valence-corrected chi connectivity index (χ1v) is 8.16. The minimum Gasteiger partial charge on any atom is -0.480 e. The summed E-state index contributed by atoms with van der Waals surface area (Å²) >= 11 is 1.79. The summed E-state index contributed by atoms with van der Waals surface area (Å²) in [5, 5.41) is 14.5. The molecule has 2 rings (SSSR count). The number of unbranched alkanes of at least 4 members (excludes halogenated alkanes) is 1. The molecular weight excluding hydrogens is 284 g/mol. The van der Waals surface area contributed by atoms with E-state index >= 15 is 0 Å². The number of H-pyrrole nitrogens is 1. The van der Waals surface area contributed by atoms with Gasteiger partial charge in [-0.25, -0.2) is 0 Å². The van der Waals surface area contributed by atoms with Gasteiger partial charge in [0, 0.05) is 10.9 Å². The fourth-order valence-electron chi connectivity index (χ4n) is 2.23.